The molecule has 1 heterocycles. The van der Waals surface area contributed by atoms with Crippen LogP contribution >= 0.6 is 15.9 Å². The van der Waals surface area contributed by atoms with Gasteiger partial charge in [0.1, 0.15) is 4.60 Å². The van der Waals surface area contributed by atoms with E-state index >= 15 is 0 Å². The van der Waals surface area contributed by atoms with Crippen LogP contribution in [0, 0.1) is 0 Å². The Morgan fingerprint density at radius 2 is 1.42 bits per heavy atom. The summed E-state index contributed by atoms with van der Waals surface area (Å²) in [6.07, 6.45) is 15.1. The molecular weight excluding hydrogens is 298 g/mol. The molecule has 0 bridgehead atoms. The van der Waals surface area contributed by atoms with Gasteiger partial charge in [-0.15, -0.1) is 0 Å². The largest absolute Gasteiger partial charge is 0.246 e. The van der Waals surface area contributed by atoms with Crippen LogP contribution in [0.3, 0.4) is 0 Å². The van der Waals surface area contributed by atoms with Crippen LogP contribution in [0.5, 0.6) is 0 Å². The van der Waals surface area contributed by atoms with Crippen LogP contribution in [0.25, 0.3) is 0 Å². The molecule has 108 valence electrons. The number of unbranched alkanes of at least 4 members (excludes halogenated alkanes) is 9. The van der Waals surface area contributed by atoms with Crippen LogP contribution in [0.2, 0.25) is 0 Å². The summed E-state index contributed by atoms with van der Waals surface area (Å²) in [5, 5.41) is 0. The van der Waals surface area contributed by atoms with Gasteiger partial charge < -0.3 is 0 Å². The maximum Gasteiger partial charge on any atom is 0.106 e. The van der Waals surface area contributed by atoms with Crippen LogP contribution in [-0.4, -0.2) is 4.98 Å². The van der Waals surface area contributed by atoms with E-state index in [0.717, 1.165) is 11.0 Å². The van der Waals surface area contributed by atoms with Crippen molar-refractivity contribution in [3.8, 4) is 0 Å². The number of nitrogens with zero attached hydrogens (tertiary/aromatic N) is 1. The van der Waals surface area contributed by atoms with Crippen molar-refractivity contribution < 1.29 is 0 Å². The molecule has 1 aromatic rings. The predicted octanol–water partition coefficient (Wildman–Crippen LogP) is 6.31. The summed E-state index contributed by atoms with van der Waals surface area (Å²) in [6.45, 7) is 2.28. The Kier molecular flexibility index (Phi) is 10.1. The Bertz CT molecular complexity index is 325. The Morgan fingerprint density at radius 1 is 0.842 bits per heavy atom. The summed E-state index contributed by atoms with van der Waals surface area (Å²) in [7, 11) is 0. The Labute approximate surface area is 127 Å². The second-order valence-electron chi connectivity index (χ2n) is 5.38. The van der Waals surface area contributed by atoms with E-state index in [1.54, 1.807) is 0 Å². The number of halogens is 1. The summed E-state index contributed by atoms with van der Waals surface area (Å²) < 4.78 is 0.956. The van der Waals surface area contributed by atoms with E-state index < -0.39 is 0 Å². The topological polar surface area (TPSA) is 12.9 Å². The zero-order valence-electron chi connectivity index (χ0n) is 12.3. The predicted molar refractivity (Wildman–Crippen MR) is 87.5 cm³/mol. The molecule has 1 rings (SSSR count). The number of hydrogen-bond acceptors (Lipinski definition) is 1. The fourth-order valence-corrected chi connectivity index (χ4v) is 2.76. The molecule has 0 spiro atoms. The first-order valence-electron chi connectivity index (χ1n) is 7.94. The lowest BCUT2D eigenvalue weighted by Crippen LogP contribution is -1.90. The Balaban J connectivity index is 1.89. The number of hydrogen-bond donors (Lipinski definition) is 0. The van der Waals surface area contributed by atoms with Crippen LogP contribution in [0.1, 0.15) is 76.8 Å². The minimum atomic E-state index is 0.956. The van der Waals surface area contributed by atoms with Gasteiger partial charge in [-0.1, -0.05) is 70.8 Å². The van der Waals surface area contributed by atoms with E-state index in [-0.39, 0.29) is 0 Å². The molecule has 1 nitrogen and oxygen atoms in total. The smallest absolute Gasteiger partial charge is 0.106 e. The lowest BCUT2D eigenvalue weighted by atomic mass is 10.1. The highest BCUT2D eigenvalue weighted by molar-refractivity contribution is 9.10. The maximum absolute atomic E-state index is 4.47. The molecular formula is C17H28BrN. The Morgan fingerprint density at radius 3 is 2.00 bits per heavy atom. The standard InChI is InChI=1S/C17H28BrN/c1-2-3-4-5-6-7-8-9-10-11-13-16-14-12-15-17(18)19-16/h12,14-15H,2-11,13H2,1H3. The normalized spacial score (nSPS) is 10.8. The average molecular weight is 326 g/mol. The first-order valence-corrected chi connectivity index (χ1v) is 8.73. The van der Waals surface area contributed by atoms with Gasteiger partial charge in [-0.05, 0) is 40.9 Å². The van der Waals surface area contributed by atoms with E-state index in [0.29, 0.717) is 0 Å². The van der Waals surface area contributed by atoms with Gasteiger partial charge >= 0.3 is 0 Å². The van der Waals surface area contributed by atoms with Crippen molar-refractivity contribution in [1.82, 2.24) is 4.98 Å². The molecule has 0 radical (unpaired) electrons. The van der Waals surface area contributed by atoms with Crippen LogP contribution in [-0.2, 0) is 6.42 Å². The molecule has 0 aliphatic heterocycles. The number of rotatable bonds is 11. The summed E-state index contributed by atoms with van der Waals surface area (Å²) >= 11 is 3.42. The van der Waals surface area contributed by atoms with E-state index in [1.165, 1.54) is 69.9 Å². The molecule has 0 saturated carbocycles. The molecule has 0 N–H and O–H groups in total. The highest BCUT2D eigenvalue weighted by Gasteiger charge is 1.96. The minimum absolute atomic E-state index is 0.956. The van der Waals surface area contributed by atoms with E-state index in [9.17, 15) is 0 Å². The third-order valence-corrected chi connectivity index (χ3v) is 4.00. The quantitative estimate of drug-likeness (QED) is 0.343. The van der Waals surface area contributed by atoms with E-state index in [4.69, 9.17) is 0 Å². The first kappa shape index (κ1) is 16.7. The third kappa shape index (κ3) is 9.21. The van der Waals surface area contributed by atoms with Crippen molar-refractivity contribution in [2.75, 3.05) is 0 Å². The zero-order valence-corrected chi connectivity index (χ0v) is 13.9. The molecule has 19 heavy (non-hydrogen) atoms. The van der Waals surface area contributed by atoms with Crippen molar-refractivity contribution in [3.05, 3.63) is 28.5 Å². The molecule has 0 amide bonds. The van der Waals surface area contributed by atoms with Crippen molar-refractivity contribution in [3.63, 3.8) is 0 Å². The summed E-state index contributed by atoms with van der Waals surface area (Å²) in [5.41, 5.74) is 1.22. The second kappa shape index (κ2) is 11.5. The molecule has 0 aliphatic carbocycles. The van der Waals surface area contributed by atoms with Gasteiger partial charge in [-0.25, -0.2) is 4.98 Å². The SMILES string of the molecule is CCCCCCCCCCCCc1cccc(Br)n1. The zero-order chi connectivity index (χ0) is 13.8. The fraction of sp³-hybridized carbons (Fsp3) is 0.706. The molecule has 0 unspecified atom stereocenters. The monoisotopic (exact) mass is 325 g/mol. The van der Waals surface area contributed by atoms with Crippen molar-refractivity contribution >= 4 is 15.9 Å². The van der Waals surface area contributed by atoms with Crippen molar-refractivity contribution in [2.24, 2.45) is 0 Å². The fourth-order valence-electron chi connectivity index (χ4n) is 2.38. The van der Waals surface area contributed by atoms with Crippen molar-refractivity contribution in [1.29, 1.82) is 0 Å². The lowest BCUT2D eigenvalue weighted by Gasteiger charge is -2.03. The average Bonchev–Trinajstić information content (AvgIpc) is 2.41. The van der Waals surface area contributed by atoms with Crippen LogP contribution in [0.15, 0.2) is 22.8 Å². The highest BCUT2D eigenvalue weighted by Crippen LogP contribution is 2.13. The Hall–Kier alpha value is -0.370. The number of aromatic nitrogens is 1. The van der Waals surface area contributed by atoms with E-state index in [2.05, 4.69) is 40.0 Å². The van der Waals surface area contributed by atoms with Crippen LogP contribution < -0.4 is 0 Å². The first-order chi connectivity index (χ1) is 9.33. The van der Waals surface area contributed by atoms with Crippen LogP contribution in [0.4, 0.5) is 0 Å². The molecule has 0 aliphatic rings. The maximum atomic E-state index is 4.47. The second-order valence-corrected chi connectivity index (χ2v) is 6.20. The van der Waals surface area contributed by atoms with E-state index in [1.807, 2.05) is 6.07 Å². The summed E-state index contributed by atoms with van der Waals surface area (Å²) in [5.74, 6) is 0. The lowest BCUT2D eigenvalue weighted by molar-refractivity contribution is 0.555. The minimum Gasteiger partial charge on any atom is -0.246 e. The molecule has 0 saturated heterocycles. The van der Waals surface area contributed by atoms with Gasteiger partial charge in [0.2, 0.25) is 0 Å². The molecule has 0 fully saturated rings. The van der Waals surface area contributed by atoms with Gasteiger partial charge in [0.25, 0.3) is 0 Å². The number of aryl methyl sites for hydroxylation is 1. The van der Waals surface area contributed by atoms with Gasteiger partial charge in [-0.2, -0.15) is 0 Å². The molecule has 2 heteroatoms. The van der Waals surface area contributed by atoms with Crippen molar-refractivity contribution in [2.45, 2.75) is 77.6 Å². The summed E-state index contributed by atoms with van der Waals surface area (Å²) in [4.78, 5) is 4.47. The summed E-state index contributed by atoms with van der Waals surface area (Å²) in [6, 6.07) is 6.18. The van der Waals surface area contributed by atoms with Gasteiger partial charge in [0, 0.05) is 5.69 Å². The van der Waals surface area contributed by atoms with Gasteiger partial charge in [-0.3, -0.25) is 0 Å². The molecule has 0 aromatic carbocycles. The van der Waals surface area contributed by atoms with Gasteiger partial charge in [0.15, 0.2) is 0 Å². The highest BCUT2D eigenvalue weighted by atomic mass is 79.9. The van der Waals surface area contributed by atoms with Gasteiger partial charge in [0.05, 0.1) is 0 Å². The third-order valence-electron chi connectivity index (χ3n) is 3.56. The molecule has 1 aromatic heterocycles. The number of pyridine rings is 1. The molecule has 0 atom stereocenters.